The molecule has 3 rings (SSSR count). The summed E-state index contributed by atoms with van der Waals surface area (Å²) in [6, 6.07) is 18.3. The van der Waals surface area contributed by atoms with Gasteiger partial charge in [-0.3, -0.25) is 0 Å². The van der Waals surface area contributed by atoms with Gasteiger partial charge in [0, 0.05) is 6.61 Å². The summed E-state index contributed by atoms with van der Waals surface area (Å²) >= 11 is 0. The highest BCUT2D eigenvalue weighted by molar-refractivity contribution is 5.92. The monoisotopic (exact) mass is 588 g/mol. The number of aryl methyl sites for hydroxylation is 2. The van der Waals surface area contributed by atoms with Gasteiger partial charge in [-0.05, 0) is 92.3 Å². The third-order valence-corrected chi connectivity index (χ3v) is 7.36. The molecule has 0 aromatic heterocycles. The van der Waals surface area contributed by atoms with E-state index in [0.29, 0.717) is 30.3 Å². The Balaban J connectivity index is 1.51. The fraction of sp³-hybridized carbons (Fsp3) is 0.459. The molecule has 0 fully saturated rings. The Labute approximate surface area is 257 Å². The van der Waals surface area contributed by atoms with E-state index in [0.717, 1.165) is 53.7 Å². The van der Waals surface area contributed by atoms with Gasteiger partial charge in [-0.1, -0.05) is 83.1 Å². The van der Waals surface area contributed by atoms with E-state index < -0.39 is 18.0 Å². The van der Waals surface area contributed by atoms with Crippen molar-refractivity contribution in [2.24, 2.45) is 0 Å². The van der Waals surface area contributed by atoms with Gasteiger partial charge in [0.05, 0.1) is 12.2 Å². The van der Waals surface area contributed by atoms with Crippen LogP contribution in [0.2, 0.25) is 0 Å². The van der Waals surface area contributed by atoms with Crippen molar-refractivity contribution in [1.82, 2.24) is 0 Å². The van der Waals surface area contributed by atoms with Crippen molar-refractivity contribution in [3.63, 3.8) is 0 Å². The zero-order chi connectivity index (χ0) is 31.0. The Bertz CT molecular complexity index is 1260. The number of carbonyl (C=O) groups is 2. The maximum Gasteiger partial charge on any atom is 0.343 e. The van der Waals surface area contributed by atoms with Crippen LogP contribution in [0.15, 0.2) is 60.7 Å². The van der Waals surface area contributed by atoms with E-state index >= 15 is 0 Å². The van der Waals surface area contributed by atoms with Crippen LogP contribution in [0.5, 0.6) is 17.2 Å². The maximum absolute atomic E-state index is 12.9. The second-order valence-corrected chi connectivity index (χ2v) is 11.1. The summed E-state index contributed by atoms with van der Waals surface area (Å²) in [5, 5.41) is 0. The molecule has 0 aliphatic rings. The zero-order valence-corrected chi connectivity index (χ0v) is 26.6. The van der Waals surface area contributed by atoms with Crippen molar-refractivity contribution < 1.29 is 28.5 Å². The molecule has 3 aromatic rings. The first-order chi connectivity index (χ1) is 20.8. The first-order valence-corrected chi connectivity index (χ1v) is 15.8. The van der Waals surface area contributed by atoms with Crippen molar-refractivity contribution in [2.75, 3.05) is 13.2 Å². The minimum absolute atomic E-state index is 0.406. The average Bonchev–Trinajstić information content (AvgIpc) is 3.00. The van der Waals surface area contributed by atoms with E-state index in [1.807, 2.05) is 50.2 Å². The number of esters is 2. The van der Waals surface area contributed by atoms with Crippen LogP contribution in [0.4, 0.5) is 0 Å². The Morgan fingerprint density at radius 1 is 0.651 bits per heavy atom. The standard InChI is InChI=1S/C37H48O6/c1-6-8-10-11-12-14-24-41-35-27(3)25-32(26-28(35)4)37(39)43-34-21-17-31(18-22-34)30-15-19-33(20-16-30)42-36(38)29(5)40-23-13-9-7-2/h15-22,25-26,29H,6-14,23-24H2,1-5H3. The summed E-state index contributed by atoms with van der Waals surface area (Å²) < 4.78 is 22.8. The minimum atomic E-state index is -0.610. The number of unbranched alkanes of at least 4 members (excludes halogenated alkanes) is 7. The Morgan fingerprint density at radius 2 is 1.14 bits per heavy atom. The minimum Gasteiger partial charge on any atom is -0.493 e. The largest absolute Gasteiger partial charge is 0.493 e. The normalized spacial score (nSPS) is 11.7. The lowest BCUT2D eigenvalue weighted by molar-refractivity contribution is -0.146. The molecule has 0 heterocycles. The molecule has 3 aromatic carbocycles. The van der Waals surface area contributed by atoms with Gasteiger partial charge in [0.1, 0.15) is 17.2 Å². The van der Waals surface area contributed by atoms with Gasteiger partial charge < -0.3 is 18.9 Å². The number of benzene rings is 3. The molecule has 0 aliphatic heterocycles. The first kappa shape index (κ1) is 33.9. The third kappa shape index (κ3) is 11.2. The van der Waals surface area contributed by atoms with E-state index in [4.69, 9.17) is 18.9 Å². The molecule has 232 valence electrons. The fourth-order valence-electron chi connectivity index (χ4n) is 4.83. The molecule has 6 nitrogen and oxygen atoms in total. The van der Waals surface area contributed by atoms with Crippen molar-refractivity contribution in [3.05, 3.63) is 77.4 Å². The number of ether oxygens (including phenoxy) is 4. The van der Waals surface area contributed by atoms with E-state index in [9.17, 15) is 9.59 Å². The second-order valence-electron chi connectivity index (χ2n) is 11.1. The summed E-state index contributed by atoms with van der Waals surface area (Å²) in [5.74, 6) is 0.964. The zero-order valence-electron chi connectivity index (χ0n) is 26.6. The summed E-state index contributed by atoms with van der Waals surface area (Å²) in [7, 11) is 0. The molecule has 0 N–H and O–H groups in total. The second kappa shape index (κ2) is 18.1. The Morgan fingerprint density at radius 3 is 1.72 bits per heavy atom. The molecule has 0 amide bonds. The van der Waals surface area contributed by atoms with Crippen molar-refractivity contribution >= 4 is 11.9 Å². The van der Waals surface area contributed by atoms with Crippen molar-refractivity contribution in [1.29, 1.82) is 0 Å². The number of hydrogen-bond acceptors (Lipinski definition) is 6. The van der Waals surface area contributed by atoms with Crippen molar-refractivity contribution in [3.8, 4) is 28.4 Å². The number of carbonyl (C=O) groups excluding carboxylic acids is 2. The highest BCUT2D eigenvalue weighted by Crippen LogP contribution is 2.28. The summed E-state index contributed by atoms with van der Waals surface area (Å²) in [6.45, 7) is 11.2. The van der Waals surface area contributed by atoms with E-state index in [-0.39, 0.29) is 0 Å². The SMILES string of the molecule is CCCCCCCCOc1c(C)cc(C(=O)Oc2ccc(-c3ccc(OC(=O)C(C)OCCCCC)cc3)cc2)cc1C. The Hall–Kier alpha value is -3.64. The van der Waals surface area contributed by atoms with Crippen LogP contribution < -0.4 is 14.2 Å². The van der Waals surface area contributed by atoms with Crippen LogP contribution in [-0.2, 0) is 9.53 Å². The summed E-state index contributed by atoms with van der Waals surface area (Å²) in [5.41, 5.74) is 4.25. The highest BCUT2D eigenvalue weighted by Gasteiger charge is 2.16. The van der Waals surface area contributed by atoms with Crippen LogP contribution >= 0.6 is 0 Å². The average molecular weight is 589 g/mol. The van der Waals surface area contributed by atoms with Gasteiger partial charge in [0.25, 0.3) is 0 Å². The van der Waals surface area contributed by atoms with Gasteiger partial charge in [0.2, 0.25) is 0 Å². The molecule has 0 spiro atoms. The summed E-state index contributed by atoms with van der Waals surface area (Å²) in [6.07, 6.45) is 9.80. The number of rotatable bonds is 18. The molecule has 1 unspecified atom stereocenters. The molecule has 43 heavy (non-hydrogen) atoms. The lowest BCUT2D eigenvalue weighted by atomic mass is 10.1. The predicted molar refractivity (Wildman–Crippen MR) is 172 cm³/mol. The molecular weight excluding hydrogens is 540 g/mol. The molecule has 0 saturated carbocycles. The van der Waals surface area contributed by atoms with Crippen molar-refractivity contribution in [2.45, 2.75) is 98.5 Å². The number of hydrogen-bond donors (Lipinski definition) is 0. The predicted octanol–water partition coefficient (Wildman–Crippen LogP) is 9.43. The van der Waals surface area contributed by atoms with E-state index in [1.54, 1.807) is 31.2 Å². The molecule has 6 heteroatoms. The van der Waals surface area contributed by atoms with Crippen LogP contribution in [-0.4, -0.2) is 31.3 Å². The van der Waals surface area contributed by atoms with Gasteiger partial charge in [-0.25, -0.2) is 9.59 Å². The topological polar surface area (TPSA) is 71.1 Å². The molecule has 0 saturated heterocycles. The van der Waals surface area contributed by atoms with Gasteiger partial charge in [-0.15, -0.1) is 0 Å². The fourth-order valence-corrected chi connectivity index (χ4v) is 4.83. The third-order valence-electron chi connectivity index (χ3n) is 7.36. The van der Waals surface area contributed by atoms with Crippen LogP contribution in [0, 0.1) is 13.8 Å². The smallest absolute Gasteiger partial charge is 0.343 e. The Kier molecular flexibility index (Phi) is 14.3. The van der Waals surface area contributed by atoms with E-state index in [2.05, 4.69) is 13.8 Å². The lowest BCUT2D eigenvalue weighted by Crippen LogP contribution is -2.26. The quantitative estimate of drug-likeness (QED) is 0.0837. The van der Waals surface area contributed by atoms with Crippen LogP contribution in [0.25, 0.3) is 11.1 Å². The van der Waals surface area contributed by atoms with Gasteiger partial charge in [-0.2, -0.15) is 0 Å². The highest BCUT2D eigenvalue weighted by atomic mass is 16.6. The maximum atomic E-state index is 12.9. The van der Waals surface area contributed by atoms with Gasteiger partial charge >= 0.3 is 11.9 Å². The van der Waals surface area contributed by atoms with Crippen LogP contribution in [0.1, 0.15) is 100 Å². The first-order valence-electron chi connectivity index (χ1n) is 15.8. The molecular formula is C37H48O6. The van der Waals surface area contributed by atoms with Gasteiger partial charge in [0.15, 0.2) is 6.10 Å². The molecule has 0 aliphatic carbocycles. The molecule has 1 atom stereocenters. The van der Waals surface area contributed by atoms with Crippen LogP contribution in [0.3, 0.4) is 0 Å². The van der Waals surface area contributed by atoms with E-state index in [1.165, 1.54) is 32.1 Å². The summed E-state index contributed by atoms with van der Waals surface area (Å²) in [4.78, 5) is 25.2. The lowest BCUT2D eigenvalue weighted by Gasteiger charge is -2.14. The molecule has 0 radical (unpaired) electrons. The molecule has 0 bridgehead atoms.